The number of benzene rings is 2. The van der Waals surface area contributed by atoms with E-state index in [1.54, 1.807) is 0 Å². The zero-order valence-corrected chi connectivity index (χ0v) is 11.6. The number of anilines is 1. The third kappa shape index (κ3) is 3.62. The molecule has 0 fully saturated rings. The molecular formula is C15H15F3N2O2. The topological polar surface area (TPSA) is 70.5 Å². The molecule has 0 heterocycles. The van der Waals surface area contributed by atoms with Crippen LogP contribution < -0.4 is 20.9 Å². The molecule has 0 saturated carbocycles. The standard InChI is InChI=1S/C15H15F3N2O2/c16-11-2-1-9(7-13(11)20)22-8-10-14(21-6-5-19)4-3-12(17)15(10)18/h1-4,7H,5-6,8,19-20H2. The predicted molar refractivity (Wildman–Crippen MR) is 76.1 cm³/mol. The summed E-state index contributed by atoms with van der Waals surface area (Å²) in [6.07, 6.45) is 0. The van der Waals surface area contributed by atoms with Crippen LogP contribution in [0.3, 0.4) is 0 Å². The third-order valence-electron chi connectivity index (χ3n) is 2.88. The normalized spacial score (nSPS) is 10.5. The van der Waals surface area contributed by atoms with Crippen molar-refractivity contribution in [1.29, 1.82) is 0 Å². The van der Waals surface area contributed by atoms with Gasteiger partial charge < -0.3 is 20.9 Å². The van der Waals surface area contributed by atoms with E-state index in [1.807, 2.05) is 0 Å². The van der Waals surface area contributed by atoms with Gasteiger partial charge >= 0.3 is 0 Å². The fourth-order valence-corrected chi connectivity index (χ4v) is 1.78. The van der Waals surface area contributed by atoms with Gasteiger partial charge in [-0.05, 0) is 24.3 Å². The summed E-state index contributed by atoms with van der Waals surface area (Å²) < 4.78 is 50.9. The number of ether oxygens (including phenoxy) is 2. The number of hydrogen-bond acceptors (Lipinski definition) is 4. The highest BCUT2D eigenvalue weighted by Crippen LogP contribution is 2.26. The number of nitrogens with two attached hydrogens (primary N) is 2. The van der Waals surface area contributed by atoms with Crippen molar-refractivity contribution >= 4 is 5.69 Å². The summed E-state index contributed by atoms with van der Waals surface area (Å²) >= 11 is 0. The lowest BCUT2D eigenvalue weighted by Gasteiger charge is -2.13. The highest BCUT2D eigenvalue weighted by molar-refractivity contribution is 5.45. The number of halogens is 3. The molecule has 0 aromatic heterocycles. The van der Waals surface area contributed by atoms with Crippen LogP contribution in [0.5, 0.6) is 11.5 Å². The van der Waals surface area contributed by atoms with E-state index in [4.69, 9.17) is 20.9 Å². The Kier molecular flexibility index (Phi) is 5.11. The van der Waals surface area contributed by atoms with Crippen molar-refractivity contribution in [1.82, 2.24) is 0 Å². The largest absolute Gasteiger partial charge is 0.492 e. The molecular weight excluding hydrogens is 297 g/mol. The molecule has 0 saturated heterocycles. The van der Waals surface area contributed by atoms with E-state index in [0.29, 0.717) is 0 Å². The second-order valence-corrected chi connectivity index (χ2v) is 4.45. The van der Waals surface area contributed by atoms with Crippen molar-refractivity contribution in [3.8, 4) is 11.5 Å². The van der Waals surface area contributed by atoms with Crippen LogP contribution in [0, 0.1) is 17.5 Å². The molecule has 0 aliphatic rings. The zero-order chi connectivity index (χ0) is 16.1. The maximum atomic E-state index is 13.9. The van der Waals surface area contributed by atoms with Crippen LogP contribution in [0.1, 0.15) is 5.56 Å². The smallest absolute Gasteiger partial charge is 0.169 e. The monoisotopic (exact) mass is 312 g/mol. The minimum absolute atomic E-state index is 0.0867. The molecule has 4 nitrogen and oxygen atoms in total. The zero-order valence-electron chi connectivity index (χ0n) is 11.6. The first kappa shape index (κ1) is 16.0. The Hall–Kier alpha value is -2.41. The van der Waals surface area contributed by atoms with Gasteiger partial charge in [-0.3, -0.25) is 0 Å². The molecule has 0 bridgehead atoms. The van der Waals surface area contributed by atoms with Crippen molar-refractivity contribution in [2.24, 2.45) is 5.73 Å². The summed E-state index contributed by atoms with van der Waals surface area (Å²) in [4.78, 5) is 0. The van der Waals surface area contributed by atoms with Gasteiger partial charge in [0.25, 0.3) is 0 Å². The van der Waals surface area contributed by atoms with Gasteiger partial charge in [-0.1, -0.05) is 0 Å². The quantitative estimate of drug-likeness (QED) is 0.804. The lowest BCUT2D eigenvalue weighted by Crippen LogP contribution is -2.13. The van der Waals surface area contributed by atoms with E-state index in [9.17, 15) is 13.2 Å². The molecule has 2 aromatic rings. The molecule has 22 heavy (non-hydrogen) atoms. The van der Waals surface area contributed by atoms with Crippen LogP contribution in [-0.4, -0.2) is 13.2 Å². The highest BCUT2D eigenvalue weighted by Gasteiger charge is 2.15. The van der Waals surface area contributed by atoms with E-state index < -0.39 is 17.5 Å². The van der Waals surface area contributed by atoms with Gasteiger partial charge in [0.2, 0.25) is 0 Å². The summed E-state index contributed by atoms with van der Waals surface area (Å²) in [5.41, 5.74) is 10.5. The van der Waals surface area contributed by atoms with Gasteiger partial charge in [-0.15, -0.1) is 0 Å². The Bertz CT molecular complexity index is 665. The molecule has 2 aromatic carbocycles. The minimum atomic E-state index is -1.07. The molecule has 0 aliphatic carbocycles. The molecule has 4 N–H and O–H groups in total. The van der Waals surface area contributed by atoms with Gasteiger partial charge in [0.05, 0.1) is 11.3 Å². The Balaban J connectivity index is 2.20. The van der Waals surface area contributed by atoms with Crippen molar-refractivity contribution in [2.75, 3.05) is 18.9 Å². The molecule has 0 spiro atoms. The number of hydrogen-bond donors (Lipinski definition) is 2. The minimum Gasteiger partial charge on any atom is -0.492 e. The highest BCUT2D eigenvalue weighted by atomic mass is 19.2. The summed E-state index contributed by atoms with van der Waals surface area (Å²) in [7, 11) is 0. The summed E-state index contributed by atoms with van der Waals surface area (Å²) in [5.74, 6) is -2.30. The Labute approximate surface area is 125 Å². The Morgan fingerprint density at radius 3 is 2.36 bits per heavy atom. The second kappa shape index (κ2) is 7.04. The molecule has 0 aliphatic heterocycles. The summed E-state index contributed by atoms with van der Waals surface area (Å²) in [6.45, 7) is 0.0872. The Morgan fingerprint density at radius 1 is 0.955 bits per heavy atom. The van der Waals surface area contributed by atoms with Gasteiger partial charge in [0.1, 0.15) is 30.5 Å². The lowest BCUT2D eigenvalue weighted by atomic mass is 10.2. The van der Waals surface area contributed by atoms with E-state index >= 15 is 0 Å². The van der Waals surface area contributed by atoms with E-state index in [-0.39, 0.29) is 42.5 Å². The fraction of sp³-hybridized carbons (Fsp3) is 0.200. The predicted octanol–water partition coefficient (Wildman–Crippen LogP) is 2.60. The molecule has 7 heteroatoms. The first-order valence-electron chi connectivity index (χ1n) is 6.50. The van der Waals surface area contributed by atoms with Gasteiger partial charge in [0.15, 0.2) is 11.6 Å². The van der Waals surface area contributed by atoms with Crippen LogP contribution >= 0.6 is 0 Å². The first-order valence-corrected chi connectivity index (χ1v) is 6.50. The molecule has 0 atom stereocenters. The third-order valence-corrected chi connectivity index (χ3v) is 2.88. The maximum absolute atomic E-state index is 13.9. The van der Waals surface area contributed by atoms with Crippen LogP contribution in [-0.2, 0) is 6.61 Å². The van der Waals surface area contributed by atoms with Crippen LogP contribution in [0.25, 0.3) is 0 Å². The van der Waals surface area contributed by atoms with Crippen LogP contribution in [0.15, 0.2) is 30.3 Å². The number of nitrogen functional groups attached to an aromatic ring is 1. The van der Waals surface area contributed by atoms with Crippen molar-refractivity contribution in [3.63, 3.8) is 0 Å². The average Bonchev–Trinajstić information content (AvgIpc) is 2.51. The molecule has 118 valence electrons. The van der Waals surface area contributed by atoms with Gasteiger partial charge in [0, 0.05) is 12.6 Å². The maximum Gasteiger partial charge on any atom is 0.169 e. The second-order valence-electron chi connectivity index (χ2n) is 4.45. The molecule has 0 amide bonds. The Morgan fingerprint density at radius 2 is 1.68 bits per heavy atom. The fourth-order valence-electron chi connectivity index (χ4n) is 1.78. The van der Waals surface area contributed by atoms with Crippen molar-refractivity contribution in [3.05, 3.63) is 53.3 Å². The van der Waals surface area contributed by atoms with Crippen LogP contribution in [0.4, 0.5) is 18.9 Å². The van der Waals surface area contributed by atoms with E-state index in [1.165, 1.54) is 18.2 Å². The first-order chi connectivity index (χ1) is 10.5. The van der Waals surface area contributed by atoms with E-state index in [0.717, 1.165) is 12.1 Å². The van der Waals surface area contributed by atoms with Crippen molar-refractivity contribution < 1.29 is 22.6 Å². The SMILES string of the molecule is NCCOc1ccc(F)c(F)c1COc1ccc(F)c(N)c1. The summed E-state index contributed by atoms with van der Waals surface area (Å²) in [5, 5.41) is 0. The van der Waals surface area contributed by atoms with Gasteiger partial charge in [-0.25, -0.2) is 13.2 Å². The van der Waals surface area contributed by atoms with Gasteiger partial charge in [-0.2, -0.15) is 0 Å². The lowest BCUT2D eigenvalue weighted by molar-refractivity contribution is 0.273. The summed E-state index contributed by atoms with van der Waals surface area (Å²) in [6, 6.07) is 5.97. The van der Waals surface area contributed by atoms with E-state index in [2.05, 4.69) is 0 Å². The molecule has 2 rings (SSSR count). The van der Waals surface area contributed by atoms with Crippen molar-refractivity contribution in [2.45, 2.75) is 6.61 Å². The number of rotatable bonds is 6. The molecule has 0 radical (unpaired) electrons. The van der Waals surface area contributed by atoms with Crippen LogP contribution in [0.2, 0.25) is 0 Å². The average molecular weight is 312 g/mol. The molecule has 0 unspecified atom stereocenters.